The van der Waals surface area contributed by atoms with E-state index in [1.54, 1.807) is 55.6 Å². The van der Waals surface area contributed by atoms with E-state index >= 15 is 0 Å². The molecule has 24 heavy (non-hydrogen) atoms. The molecule has 1 N–H and O–H groups in total. The van der Waals surface area contributed by atoms with Crippen LogP contribution in [0.1, 0.15) is 29.8 Å². The van der Waals surface area contributed by atoms with Gasteiger partial charge < -0.3 is 5.32 Å². The Balaban J connectivity index is 1.95. The van der Waals surface area contributed by atoms with E-state index in [0.29, 0.717) is 16.8 Å². The smallest absolute Gasteiger partial charge is 0.235 e. The SMILES string of the molecule is CC(NC(=O)CS(=O)(=O)Cc1ccc(C#N)cc1)c1ccccn1. The number of carbonyl (C=O) groups is 1. The molecule has 1 unspecified atom stereocenters. The molecule has 1 heterocycles. The Morgan fingerprint density at radius 1 is 1.25 bits per heavy atom. The lowest BCUT2D eigenvalue weighted by atomic mass is 10.2. The normalized spacial score (nSPS) is 12.2. The highest BCUT2D eigenvalue weighted by Crippen LogP contribution is 2.10. The van der Waals surface area contributed by atoms with Crippen molar-refractivity contribution in [2.75, 3.05) is 5.75 Å². The molecule has 6 nitrogen and oxygen atoms in total. The van der Waals surface area contributed by atoms with Crippen molar-refractivity contribution in [3.63, 3.8) is 0 Å². The first-order valence-corrected chi connectivity index (χ1v) is 9.11. The molecule has 1 amide bonds. The van der Waals surface area contributed by atoms with Crippen LogP contribution >= 0.6 is 0 Å². The number of nitrogens with zero attached hydrogens (tertiary/aromatic N) is 2. The number of amides is 1. The van der Waals surface area contributed by atoms with Gasteiger partial charge in [-0.15, -0.1) is 0 Å². The summed E-state index contributed by atoms with van der Waals surface area (Å²) in [7, 11) is -3.60. The van der Waals surface area contributed by atoms with Gasteiger partial charge in [-0.1, -0.05) is 18.2 Å². The van der Waals surface area contributed by atoms with Crippen molar-refractivity contribution in [3.8, 4) is 6.07 Å². The summed E-state index contributed by atoms with van der Waals surface area (Å²) >= 11 is 0. The lowest BCUT2D eigenvalue weighted by Gasteiger charge is -2.13. The number of benzene rings is 1. The first-order chi connectivity index (χ1) is 11.4. The predicted octanol–water partition coefficient (Wildman–Crippen LogP) is 1.75. The van der Waals surface area contributed by atoms with Crippen LogP contribution < -0.4 is 5.32 Å². The van der Waals surface area contributed by atoms with Crippen molar-refractivity contribution in [2.24, 2.45) is 0 Å². The number of nitrogens with one attached hydrogen (secondary N) is 1. The summed E-state index contributed by atoms with van der Waals surface area (Å²) in [5.74, 6) is -1.41. The zero-order valence-electron chi connectivity index (χ0n) is 13.1. The largest absolute Gasteiger partial charge is 0.347 e. The molecule has 2 rings (SSSR count). The molecule has 124 valence electrons. The van der Waals surface area contributed by atoms with E-state index in [-0.39, 0.29) is 11.8 Å². The number of pyridine rings is 1. The van der Waals surface area contributed by atoms with E-state index < -0.39 is 21.5 Å². The van der Waals surface area contributed by atoms with Crippen LogP contribution in [0.15, 0.2) is 48.7 Å². The summed E-state index contributed by atoms with van der Waals surface area (Å²) in [6, 6.07) is 13.2. The highest BCUT2D eigenvalue weighted by molar-refractivity contribution is 7.91. The van der Waals surface area contributed by atoms with Crippen molar-refractivity contribution in [2.45, 2.75) is 18.7 Å². The first kappa shape index (κ1) is 17.6. The predicted molar refractivity (Wildman–Crippen MR) is 89.4 cm³/mol. The number of hydrogen-bond donors (Lipinski definition) is 1. The number of sulfone groups is 1. The lowest BCUT2D eigenvalue weighted by molar-refractivity contribution is -0.119. The summed E-state index contributed by atoms with van der Waals surface area (Å²) in [4.78, 5) is 16.1. The van der Waals surface area contributed by atoms with E-state index in [4.69, 9.17) is 5.26 Å². The second-order valence-corrected chi connectivity index (χ2v) is 7.45. The van der Waals surface area contributed by atoms with Crippen molar-refractivity contribution in [1.82, 2.24) is 10.3 Å². The highest BCUT2D eigenvalue weighted by atomic mass is 32.2. The van der Waals surface area contributed by atoms with Crippen LogP contribution in [0, 0.1) is 11.3 Å². The molecule has 0 aliphatic heterocycles. The maximum absolute atomic E-state index is 12.1. The molecule has 0 saturated carbocycles. The summed E-state index contributed by atoms with van der Waals surface area (Å²) in [6.45, 7) is 1.74. The minimum atomic E-state index is -3.60. The summed E-state index contributed by atoms with van der Waals surface area (Å²) < 4.78 is 24.3. The Morgan fingerprint density at radius 3 is 2.54 bits per heavy atom. The molecule has 0 aliphatic carbocycles. The van der Waals surface area contributed by atoms with E-state index in [2.05, 4.69) is 10.3 Å². The van der Waals surface area contributed by atoms with E-state index in [9.17, 15) is 13.2 Å². The molecule has 7 heteroatoms. The van der Waals surface area contributed by atoms with Gasteiger partial charge in [0.15, 0.2) is 9.84 Å². The fraction of sp³-hybridized carbons (Fsp3) is 0.235. The quantitative estimate of drug-likeness (QED) is 0.861. The molecule has 0 bridgehead atoms. The number of nitriles is 1. The van der Waals surface area contributed by atoms with Gasteiger partial charge in [0, 0.05) is 6.20 Å². The molecule has 1 atom stereocenters. The third-order valence-electron chi connectivity index (χ3n) is 3.33. The Labute approximate surface area is 141 Å². The standard InChI is InChI=1S/C17H17N3O3S/c1-13(16-4-2-3-9-19-16)20-17(21)12-24(22,23)11-15-7-5-14(10-18)6-8-15/h2-9,13H,11-12H2,1H3,(H,20,21). The minimum Gasteiger partial charge on any atom is -0.347 e. The van der Waals surface area contributed by atoms with Gasteiger partial charge in [-0.3, -0.25) is 9.78 Å². The fourth-order valence-corrected chi connectivity index (χ4v) is 3.45. The van der Waals surface area contributed by atoms with Crippen LogP contribution in [0.3, 0.4) is 0 Å². The summed E-state index contributed by atoms with van der Waals surface area (Å²) in [6.07, 6.45) is 1.61. The molecule has 0 spiro atoms. The van der Waals surface area contributed by atoms with Gasteiger partial charge >= 0.3 is 0 Å². The molecule has 0 saturated heterocycles. The van der Waals surface area contributed by atoms with Crippen LogP contribution in [0.4, 0.5) is 0 Å². The van der Waals surface area contributed by atoms with Gasteiger partial charge in [0.05, 0.1) is 29.1 Å². The molecule has 0 radical (unpaired) electrons. The fourth-order valence-electron chi connectivity index (χ4n) is 2.17. The first-order valence-electron chi connectivity index (χ1n) is 7.29. The van der Waals surface area contributed by atoms with Crippen LogP contribution in [0.2, 0.25) is 0 Å². The van der Waals surface area contributed by atoms with Crippen LogP contribution in [-0.2, 0) is 20.4 Å². The van der Waals surface area contributed by atoms with Crippen molar-refractivity contribution in [1.29, 1.82) is 5.26 Å². The lowest BCUT2D eigenvalue weighted by Crippen LogP contribution is -2.33. The average Bonchev–Trinajstić information content (AvgIpc) is 2.55. The molecular weight excluding hydrogens is 326 g/mol. The Kier molecular flexibility index (Phi) is 5.66. The zero-order chi connectivity index (χ0) is 17.6. The summed E-state index contributed by atoms with van der Waals surface area (Å²) in [5.41, 5.74) is 1.66. The van der Waals surface area contributed by atoms with E-state index in [1.807, 2.05) is 6.07 Å². The summed E-state index contributed by atoms with van der Waals surface area (Å²) in [5, 5.41) is 11.4. The molecule has 2 aromatic rings. The van der Waals surface area contributed by atoms with Crippen molar-refractivity contribution >= 4 is 15.7 Å². The second-order valence-electron chi connectivity index (χ2n) is 5.38. The van der Waals surface area contributed by atoms with E-state index in [0.717, 1.165) is 0 Å². The van der Waals surface area contributed by atoms with Gasteiger partial charge in [-0.2, -0.15) is 5.26 Å². The Hall–Kier alpha value is -2.72. The van der Waals surface area contributed by atoms with Gasteiger partial charge in [0.1, 0.15) is 5.75 Å². The maximum Gasteiger partial charge on any atom is 0.235 e. The third-order valence-corrected chi connectivity index (χ3v) is 4.80. The molecule has 0 fully saturated rings. The molecule has 1 aromatic carbocycles. The number of carbonyl (C=O) groups excluding carboxylic acids is 1. The number of aromatic nitrogens is 1. The van der Waals surface area contributed by atoms with Crippen molar-refractivity contribution in [3.05, 3.63) is 65.5 Å². The van der Waals surface area contributed by atoms with Crippen LogP contribution in [-0.4, -0.2) is 25.1 Å². The molecule has 1 aromatic heterocycles. The molecule has 0 aliphatic rings. The third kappa shape index (κ3) is 5.18. The van der Waals surface area contributed by atoms with Gasteiger partial charge in [0.2, 0.25) is 5.91 Å². The Bertz CT molecular complexity index is 841. The second kappa shape index (κ2) is 7.70. The van der Waals surface area contributed by atoms with Crippen LogP contribution in [0.5, 0.6) is 0 Å². The van der Waals surface area contributed by atoms with Gasteiger partial charge in [-0.05, 0) is 36.8 Å². The average molecular weight is 343 g/mol. The molecular formula is C17H17N3O3S. The zero-order valence-corrected chi connectivity index (χ0v) is 14.0. The Morgan fingerprint density at radius 2 is 1.96 bits per heavy atom. The van der Waals surface area contributed by atoms with Gasteiger partial charge in [-0.25, -0.2) is 8.42 Å². The van der Waals surface area contributed by atoms with Crippen molar-refractivity contribution < 1.29 is 13.2 Å². The van der Waals surface area contributed by atoms with Gasteiger partial charge in [0.25, 0.3) is 0 Å². The monoisotopic (exact) mass is 343 g/mol. The van der Waals surface area contributed by atoms with Crippen LogP contribution in [0.25, 0.3) is 0 Å². The highest BCUT2D eigenvalue weighted by Gasteiger charge is 2.19. The maximum atomic E-state index is 12.1. The van der Waals surface area contributed by atoms with E-state index in [1.165, 1.54) is 0 Å². The number of hydrogen-bond acceptors (Lipinski definition) is 5. The topological polar surface area (TPSA) is 99.9 Å². The number of rotatable bonds is 6. The minimum absolute atomic E-state index is 0.246.